The highest BCUT2D eigenvalue weighted by molar-refractivity contribution is 7.92. The zero-order chi connectivity index (χ0) is 27.2. The van der Waals surface area contributed by atoms with Gasteiger partial charge in [0.25, 0.3) is 0 Å². The van der Waals surface area contributed by atoms with E-state index < -0.39 is 28.5 Å². The van der Waals surface area contributed by atoms with Crippen molar-refractivity contribution in [1.29, 1.82) is 0 Å². The molecule has 198 valence electrons. The Morgan fingerprint density at radius 1 is 0.919 bits per heavy atom. The maximum absolute atomic E-state index is 13.9. The number of fused-ring (bicyclic) bond motifs is 1. The van der Waals surface area contributed by atoms with Gasteiger partial charge in [-0.15, -0.1) is 0 Å². The van der Waals surface area contributed by atoms with E-state index in [0.717, 1.165) is 38.9 Å². The first-order valence-corrected chi connectivity index (χ1v) is 14.5. The van der Waals surface area contributed by atoms with Crippen molar-refractivity contribution in [2.45, 2.75) is 59.2 Å². The van der Waals surface area contributed by atoms with Gasteiger partial charge < -0.3 is 10.2 Å². The van der Waals surface area contributed by atoms with Gasteiger partial charge in [0.05, 0.1) is 11.9 Å². The molecule has 37 heavy (non-hydrogen) atoms. The van der Waals surface area contributed by atoms with E-state index in [4.69, 9.17) is 0 Å². The summed E-state index contributed by atoms with van der Waals surface area (Å²) in [6.45, 7) is 7.51. The molecule has 3 rings (SSSR count). The number of sulfonamides is 1. The van der Waals surface area contributed by atoms with E-state index >= 15 is 0 Å². The van der Waals surface area contributed by atoms with Crippen molar-refractivity contribution in [3.05, 3.63) is 77.9 Å². The number of anilines is 1. The van der Waals surface area contributed by atoms with Crippen LogP contribution in [0.3, 0.4) is 0 Å². The number of benzene rings is 3. The zero-order valence-electron chi connectivity index (χ0n) is 22.3. The van der Waals surface area contributed by atoms with Crippen LogP contribution in [-0.4, -0.2) is 50.0 Å². The number of hydrogen-bond acceptors (Lipinski definition) is 4. The average molecular weight is 524 g/mol. The monoisotopic (exact) mass is 523 g/mol. The van der Waals surface area contributed by atoms with Crippen molar-refractivity contribution >= 4 is 38.3 Å². The highest BCUT2D eigenvalue weighted by atomic mass is 32.2. The van der Waals surface area contributed by atoms with Crippen LogP contribution in [0.25, 0.3) is 10.8 Å². The van der Waals surface area contributed by atoms with E-state index in [1.807, 2.05) is 82.3 Å². The van der Waals surface area contributed by atoms with E-state index in [9.17, 15) is 18.0 Å². The summed E-state index contributed by atoms with van der Waals surface area (Å²) in [5, 5.41) is 4.60. The first-order chi connectivity index (χ1) is 17.6. The van der Waals surface area contributed by atoms with Crippen LogP contribution >= 0.6 is 0 Å². The maximum Gasteiger partial charge on any atom is 0.244 e. The molecular formula is C29H37N3O4S. The van der Waals surface area contributed by atoms with Crippen LogP contribution in [-0.2, 0) is 26.2 Å². The number of carbonyl (C=O) groups excluding carboxylic acids is 2. The van der Waals surface area contributed by atoms with E-state index in [1.165, 1.54) is 4.90 Å². The molecule has 0 unspecified atom stereocenters. The molecule has 0 saturated heterocycles. The van der Waals surface area contributed by atoms with E-state index in [0.29, 0.717) is 12.1 Å². The molecule has 0 spiro atoms. The predicted octanol–water partition coefficient (Wildman–Crippen LogP) is 4.64. The Kier molecular flexibility index (Phi) is 9.32. The third-order valence-electron chi connectivity index (χ3n) is 6.70. The Balaban J connectivity index is 2.03. The lowest BCUT2D eigenvalue weighted by Crippen LogP contribution is -2.53. The van der Waals surface area contributed by atoms with Gasteiger partial charge in [0.2, 0.25) is 21.8 Å². The normalized spacial score (nSPS) is 13.1. The number of aryl methyl sites for hydroxylation is 1. The van der Waals surface area contributed by atoms with Crippen LogP contribution in [0.4, 0.5) is 5.69 Å². The van der Waals surface area contributed by atoms with Gasteiger partial charge in [0.1, 0.15) is 12.6 Å². The number of rotatable bonds is 11. The fourth-order valence-corrected chi connectivity index (χ4v) is 5.21. The second kappa shape index (κ2) is 12.2. The predicted molar refractivity (Wildman–Crippen MR) is 150 cm³/mol. The average Bonchev–Trinajstić information content (AvgIpc) is 2.87. The lowest BCUT2D eigenvalue weighted by Gasteiger charge is -2.34. The Morgan fingerprint density at radius 2 is 1.57 bits per heavy atom. The lowest BCUT2D eigenvalue weighted by molar-refractivity contribution is -0.140. The van der Waals surface area contributed by atoms with Gasteiger partial charge in [-0.3, -0.25) is 13.9 Å². The van der Waals surface area contributed by atoms with Crippen LogP contribution in [0.5, 0.6) is 0 Å². The Labute approximate surface area is 220 Å². The van der Waals surface area contributed by atoms with Crippen molar-refractivity contribution in [2.24, 2.45) is 0 Å². The SMILES string of the molecule is CC[C@H](C)NC(=O)[C@H](CC)N(Cc1ccccc1C)C(=O)CN(c1cccc2ccccc12)S(C)(=O)=O. The first-order valence-electron chi connectivity index (χ1n) is 12.7. The van der Waals surface area contributed by atoms with Crippen LogP contribution in [0.1, 0.15) is 44.7 Å². The molecule has 0 aliphatic rings. The molecule has 0 aliphatic heterocycles. The molecular weight excluding hydrogens is 486 g/mol. The van der Waals surface area contributed by atoms with Crippen molar-refractivity contribution in [3.63, 3.8) is 0 Å². The minimum Gasteiger partial charge on any atom is -0.352 e. The second-order valence-corrected chi connectivity index (χ2v) is 11.4. The molecule has 8 heteroatoms. The van der Waals surface area contributed by atoms with E-state index in [-0.39, 0.29) is 18.5 Å². The van der Waals surface area contributed by atoms with Crippen molar-refractivity contribution in [2.75, 3.05) is 17.1 Å². The van der Waals surface area contributed by atoms with Crippen LogP contribution in [0, 0.1) is 6.92 Å². The highest BCUT2D eigenvalue weighted by Gasteiger charge is 2.32. The minimum absolute atomic E-state index is 0.0415. The van der Waals surface area contributed by atoms with Crippen molar-refractivity contribution < 1.29 is 18.0 Å². The lowest BCUT2D eigenvalue weighted by atomic mass is 10.1. The Bertz CT molecular complexity index is 1350. The number of carbonyl (C=O) groups is 2. The summed E-state index contributed by atoms with van der Waals surface area (Å²) in [7, 11) is -3.81. The molecule has 2 amide bonds. The third kappa shape index (κ3) is 6.89. The van der Waals surface area contributed by atoms with Gasteiger partial charge in [-0.25, -0.2) is 8.42 Å². The summed E-state index contributed by atoms with van der Waals surface area (Å²) in [6.07, 6.45) is 2.25. The maximum atomic E-state index is 13.9. The van der Waals surface area contributed by atoms with Gasteiger partial charge in [-0.1, -0.05) is 74.5 Å². The van der Waals surface area contributed by atoms with Gasteiger partial charge in [0.15, 0.2) is 0 Å². The second-order valence-electron chi connectivity index (χ2n) is 9.46. The molecule has 0 fully saturated rings. The van der Waals surface area contributed by atoms with Gasteiger partial charge in [-0.05, 0) is 49.3 Å². The van der Waals surface area contributed by atoms with E-state index in [1.54, 1.807) is 12.1 Å². The fourth-order valence-electron chi connectivity index (χ4n) is 4.35. The quantitative estimate of drug-likeness (QED) is 0.397. The largest absolute Gasteiger partial charge is 0.352 e. The van der Waals surface area contributed by atoms with Crippen molar-refractivity contribution in [3.8, 4) is 0 Å². The molecule has 0 bridgehead atoms. The summed E-state index contributed by atoms with van der Waals surface area (Å²) in [5.41, 5.74) is 2.33. The molecule has 3 aromatic carbocycles. The minimum atomic E-state index is -3.81. The van der Waals surface area contributed by atoms with Crippen LogP contribution in [0.2, 0.25) is 0 Å². The summed E-state index contributed by atoms with van der Waals surface area (Å²) in [4.78, 5) is 28.7. The molecule has 0 saturated carbocycles. The molecule has 0 aromatic heterocycles. The molecule has 3 aromatic rings. The number of amides is 2. The Hall–Kier alpha value is -3.39. The summed E-state index contributed by atoms with van der Waals surface area (Å²) >= 11 is 0. The number of hydrogen-bond donors (Lipinski definition) is 1. The molecule has 0 aliphatic carbocycles. The van der Waals surface area contributed by atoms with Crippen LogP contribution in [0.15, 0.2) is 66.7 Å². The molecule has 2 atom stereocenters. The van der Waals surface area contributed by atoms with E-state index in [2.05, 4.69) is 5.32 Å². The van der Waals surface area contributed by atoms with Gasteiger partial charge >= 0.3 is 0 Å². The molecule has 7 nitrogen and oxygen atoms in total. The van der Waals surface area contributed by atoms with Gasteiger partial charge in [-0.2, -0.15) is 0 Å². The molecule has 0 heterocycles. The zero-order valence-corrected chi connectivity index (χ0v) is 23.1. The third-order valence-corrected chi connectivity index (χ3v) is 7.83. The Morgan fingerprint density at radius 3 is 2.22 bits per heavy atom. The highest BCUT2D eigenvalue weighted by Crippen LogP contribution is 2.29. The number of nitrogens with one attached hydrogen (secondary N) is 1. The first kappa shape index (κ1) is 28.2. The summed E-state index contributed by atoms with van der Waals surface area (Å²) in [5.74, 6) is -0.678. The van der Waals surface area contributed by atoms with Crippen LogP contribution < -0.4 is 9.62 Å². The number of nitrogens with zero attached hydrogens (tertiary/aromatic N) is 2. The fraction of sp³-hybridized carbons (Fsp3) is 0.379. The van der Waals surface area contributed by atoms with Gasteiger partial charge in [0, 0.05) is 18.0 Å². The molecule has 0 radical (unpaired) electrons. The standard InChI is InChI=1S/C29H37N3O4S/c1-6-22(4)30-29(34)26(7-2)31(19-24-15-9-8-13-21(24)3)28(33)20-32(37(5,35)36)27-18-12-16-23-14-10-11-17-25(23)27/h8-18,22,26H,6-7,19-20H2,1-5H3,(H,30,34)/t22-,26-/m0/s1. The van der Waals surface area contributed by atoms with Crippen molar-refractivity contribution in [1.82, 2.24) is 10.2 Å². The summed E-state index contributed by atoms with van der Waals surface area (Å²) in [6, 6.07) is 19.8. The topological polar surface area (TPSA) is 86.8 Å². The summed E-state index contributed by atoms with van der Waals surface area (Å²) < 4.78 is 27.1. The smallest absolute Gasteiger partial charge is 0.244 e. The molecule has 1 N–H and O–H groups in total.